The Bertz CT molecular complexity index is 714. The normalized spacial score (nSPS) is 10.4. The fourth-order valence-electron chi connectivity index (χ4n) is 1.72. The van der Waals surface area contributed by atoms with Crippen molar-refractivity contribution in [1.82, 2.24) is 0 Å². The van der Waals surface area contributed by atoms with E-state index in [1.54, 1.807) is 24.3 Å². The smallest absolute Gasteiger partial charge is 0.338 e. The van der Waals surface area contributed by atoms with Crippen molar-refractivity contribution in [2.75, 3.05) is 5.32 Å². The number of nitrogens with one attached hydrogen (secondary N) is 1. The van der Waals surface area contributed by atoms with Gasteiger partial charge in [-0.1, -0.05) is 24.6 Å². The maximum absolute atomic E-state index is 12.3. The first-order valence-corrected chi connectivity index (χ1v) is 8.04. The van der Waals surface area contributed by atoms with Crippen LogP contribution in [-0.2, 0) is 6.42 Å². The van der Waals surface area contributed by atoms with Gasteiger partial charge in [-0.3, -0.25) is 4.79 Å². The zero-order valence-electron chi connectivity index (χ0n) is 10.9. The van der Waals surface area contributed by atoms with Gasteiger partial charge in [0.2, 0.25) is 0 Å². The Balaban J connectivity index is 2.33. The molecule has 0 bridgehead atoms. The van der Waals surface area contributed by atoms with E-state index >= 15 is 0 Å². The van der Waals surface area contributed by atoms with E-state index in [2.05, 4.69) is 21.2 Å². The lowest BCUT2D eigenvalue weighted by molar-refractivity contribution is 0.0698. The van der Waals surface area contributed by atoms with Crippen LogP contribution in [-0.4, -0.2) is 17.0 Å². The van der Waals surface area contributed by atoms with E-state index in [1.165, 1.54) is 11.3 Å². The molecule has 110 valence electrons. The third kappa shape index (κ3) is 3.45. The summed E-state index contributed by atoms with van der Waals surface area (Å²) < 4.78 is 0.607. The second-order valence-electron chi connectivity index (χ2n) is 4.17. The van der Waals surface area contributed by atoms with Crippen molar-refractivity contribution >= 4 is 55.7 Å². The fourth-order valence-corrected chi connectivity index (χ4v) is 3.28. The molecule has 7 heteroatoms. The van der Waals surface area contributed by atoms with Gasteiger partial charge in [0, 0.05) is 9.35 Å². The summed E-state index contributed by atoms with van der Waals surface area (Å²) in [7, 11) is 0. The van der Waals surface area contributed by atoms with Crippen LogP contribution in [0.4, 0.5) is 5.00 Å². The quantitative estimate of drug-likeness (QED) is 0.799. The molecule has 0 aliphatic rings. The second kappa shape index (κ2) is 6.60. The molecule has 1 aromatic carbocycles. The minimum Gasteiger partial charge on any atom is -0.478 e. The lowest BCUT2D eigenvalue weighted by Gasteiger charge is -2.07. The summed E-state index contributed by atoms with van der Waals surface area (Å²) in [5.41, 5.74) is 0.380. The zero-order chi connectivity index (χ0) is 15.6. The Kier molecular flexibility index (Phi) is 5.03. The van der Waals surface area contributed by atoms with Crippen LogP contribution in [0.3, 0.4) is 0 Å². The number of hydrogen-bond acceptors (Lipinski definition) is 3. The second-order valence-corrected chi connectivity index (χ2v) is 6.54. The molecule has 0 fully saturated rings. The lowest BCUT2D eigenvalue weighted by atomic mass is 10.2. The molecule has 2 aromatic rings. The summed E-state index contributed by atoms with van der Waals surface area (Å²) in [6.45, 7) is 1.92. The van der Waals surface area contributed by atoms with E-state index < -0.39 is 11.9 Å². The van der Waals surface area contributed by atoms with Crippen molar-refractivity contribution in [3.8, 4) is 0 Å². The Hall–Kier alpha value is -1.37. The Morgan fingerprint density at radius 2 is 2.10 bits per heavy atom. The first-order valence-electron chi connectivity index (χ1n) is 6.05. The van der Waals surface area contributed by atoms with Gasteiger partial charge in [-0.05, 0) is 40.5 Å². The van der Waals surface area contributed by atoms with Gasteiger partial charge in [0.05, 0.1) is 16.1 Å². The molecule has 1 aromatic heterocycles. The fraction of sp³-hybridized carbons (Fsp3) is 0.143. The van der Waals surface area contributed by atoms with Crippen LogP contribution in [0.1, 0.15) is 32.5 Å². The molecule has 0 saturated carbocycles. The summed E-state index contributed by atoms with van der Waals surface area (Å²) in [4.78, 5) is 24.4. The van der Waals surface area contributed by atoms with E-state index in [1.807, 2.05) is 6.92 Å². The van der Waals surface area contributed by atoms with Crippen LogP contribution < -0.4 is 5.32 Å². The molecule has 0 radical (unpaired) electrons. The molecule has 1 amide bonds. The van der Waals surface area contributed by atoms with Crippen molar-refractivity contribution in [3.63, 3.8) is 0 Å². The highest BCUT2D eigenvalue weighted by molar-refractivity contribution is 9.10. The van der Waals surface area contributed by atoms with Crippen molar-refractivity contribution in [2.45, 2.75) is 13.3 Å². The van der Waals surface area contributed by atoms with Crippen LogP contribution in [0.15, 0.2) is 28.7 Å². The molecule has 2 rings (SSSR count). The molecule has 2 N–H and O–H groups in total. The number of halogens is 2. The molecule has 1 heterocycles. The molecular weight excluding hydrogens is 378 g/mol. The van der Waals surface area contributed by atoms with Gasteiger partial charge in [0.15, 0.2) is 0 Å². The van der Waals surface area contributed by atoms with Crippen LogP contribution >= 0.6 is 38.9 Å². The topological polar surface area (TPSA) is 66.4 Å². The molecule has 21 heavy (non-hydrogen) atoms. The summed E-state index contributed by atoms with van der Waals surface area (Å²) in [5, 5.41) is 12.4. The largest absolute Gasteiger partial charge is 0.478 e. The van der Waals surface area contributed by atoms with E-state index in [4.69, 9.17) is 11.6 Å². The first-order chi connectivity index (χ1) is 9.93. The van der Waals surface area contributed by atoms with Crippen LogP contribution in [0.5, 0.6) is 0 Å². The highest BCUT2D eigenvalue weighted by atomic mass is 79.9. The number of carboxylic acids is 1. The monoisotopic (exact) mass is 387 g/mol. The van der Waals surface area contributed by atoms with Crippen molar-refractivity contribution in [2.24, 2.45) is 0 Å². The van der Waals surface area contributed by atoms with Crippen molar-refractivity contribution in [1.29, 1.82) is 0 Å². The van der Waals surface area contributed by atoms with Gasteiger partial charge in [0.25, 0.3) is 5.91 Å². The van der Waals surface area contributed by atoms with E-state index in [0.29, 0.717) is 20.9 Å². The van der Waals surface area contributed by atoms with E-state index in [0.717, 1.165) is 4.88 Å². The molecular formula is C14H11BrClNO3S. The Morgan fingerprint density at radius 1 is 1.38 bits per heavy atom. The van der Waals surface area contributed by atoms with E-state index in [9.17, 15) is 14.7 Å². The van der Waals surface area contributed by atoms with Gasteiger partial charge < -0.3 is 10.4 Å². The summed E-state index contributed by atoms with van der Waals surface area (Å²) in [6.07, 6.45) is 0.707. The number of aromatic carboxylic acids is 1. The average molecular weight is 389 g/mol. The molecule has 0 saturated heterocycles. The molecule has 0 spiro atoms. The number of hydrogen-bond donors (Lipinski definition) is 2. The third-order valence-corrected chi connectivity index (χ3v) is 5.28. The lowest BCUT2D eigenvalue weighted by Crippen LogP contribution is -2.13. The number of carbonyl (C=O) groups excluding carboxylic acids is 1. The Morgan fingerprint density at radius 3 is 2.71 bits per heavy atom. The molecule has 0 aliphatic carbocycles. The number of carboxylic acid groups (broad SMARTS) is 1. The maximum atomic E-state index is 12.3. The highest BCUT2D eigenvalue weighted by Gasteiger charge is 2.19. The number of anilines is 1. The predicted molar refractivity (Wildman–Crippen MR) is 87.8 cm³/mol. The van der Waals surface area contributed by atoms with Gasteiger partial charge in [-0.2, -0.15) is 0 Å². The number of carbonyl (C=O) groups is 2. The minimum atomic E-state index is -1.07. The summed E-state index contributed by atoms with van der Waals surface area (Å²) >= 11 is 10.6. The average Bonchev–Trinajstić information content (AvgIpc) is 2.85. The number of thiophene rings is 1. The van der Waals surface area contributed by atoms with Crippen LogP contribution in [0.25, 0.3) is 0 Å². The van der Waals surface area contributed by atoms with Gasteiger partial charge in [0.1, 0.15) is 5.00 Å². The van der Waals surface area contributed by atoms with Gasteiger partial charge >= 0.3 is 5.97 Å². The first kappa shape index (κ1) is 16.0. The number of rotatable bonds is 4. The van der Waals surface area contributed by atoms with Gasteiger partial charge in [-0.25, -0.2) is 4.79 Å². The van der Waals surface area contributed by atoms with Crippen molar-refractivity contribution < 1.29 is 14.7 Å². The van der Waals surface area contributed by atoms with Crippen LogP contribution in [0, 0.1) is 0 Å². The highest BCUT2D eigenvalue weighted by Crippen LogP contribution is 2.31. The summed E-state index contributed by atoms with van der Waals surface area (Å²) in [6, 6.07) is 6.57. The minimum absolute atomic E-state index is 0.0938. The SMILES string of the molecule is CCc1cc(C(=O)O)c(NC(=O)c2cccc(Br)c2Cl)s1. The predicted octanol–water partition coefficient (Wildman–Crippen LogP) is 4.68. The van der Waals surface area contributed by atoms with Gasteiger partial charge in [-0.15, -0.1) is 11.3 Å². The number of amides is 1. The van der Waals surface area contributed by atoms with E-state index in [-0.39, 0.29) is 11.1 Å². The Labute approximate surface area is 138 Å². The van der Waals surface area contributed by atoms with Crippen molar-refractivity contribution in [3.05, 3.63) is 49.8 Å². The zero-order valence-corrected chi connectivity index (χ0v) is 14.1. The molecule has 0 unspecified atom stereocenters. The standard InChI is InChI=1S/C14H11BrClNO3S/c1-2-7-6-9(14(19)20)13(21-7)17-12(18)8-4-3-5-10(15)11(8)16/h3-6H,2H2,1H3,(H,17,18)(H,19,20). The maximum Gasteiger partial charge on any atom is 0.338 e. The number of aryl methyl sites for hydroxylation is 1. The van der Waals surface area contributed by atoms with Crippen LogP contribution in [0.2, 0.25) is 5.02 Å². The number of benzene rings is 1. The third-order valence-electron chi connectivity index (χ3n) is 2.79. The summed E-state index contributed by atoms with van der Waals surface area (Å²) in [5.74, 6) is -1.50. The molecule has 0 aliphatic heterocycles. The molecule has 4 nitrogen and oxygen atoms in total. The molecule has 0 atom stereocenters.